The number of rotatable bonds is 2. The Bertz CT molecular complexity index is 84.5. The highest BCUT2D eigenvalue weighted by atomic mass is 16.5. The van der Waals surface area contributed by atoms with Gasteiger partial charge in [0.1, 0.15) is 0 Å². The van der Waals surface area contributed by atoms with Crippen LogP contribution in [0.25, 0.3) is 0 Å². The number of hydrogen-bond acceptors (Lipinski definition) is 2. The Kier molecular flexibility index (Phi) is 3.28. The van der Waals surface area contributed by atoms with Gasteiger partial charge in [-0.1, -0.05) is 0 Å². The van der Waals surface area contributed by atoms with Crippen molar-refractivity contribution in [3.63, 3.8) is 0 Å². The van der Waals surface area contributed by atoms with Gasteiger partial charge in [-0.3, -0.25) is 0 Å². The molecule has 0 rings (SSSR count). The third-order valence-electron chi connectivity index (χ3n) is 0.869. The Hall–Kier alpha value is -0.500. The Balaban J connectivity index is 3.51. The average molecular weight is 115 g/mol. The van der Waals surface area contributed by atoms with Crippen molar-refractivity contribution in [1.29, 1.82) is 0 Å². The first-order valence-electron chi connectivity index (χ1n) is 2.63. The summed E-state index contributed by atoms with van der Waals surface area (Å²) in [6, 6.07) is 0. The molecule has 2 nitrogen and oxygen atoms in total. The fraction of sp³-hybridized carbons (Fsp3) is 0.667. The third-order valence-corrected chi connectivity index (χ3v) is 0.869. The van der Waals surface area contributed by atoms with E-state index < -0.39 is 0 Å². The molecule has 0 spiro atoms. The van der Waals surface area contributed by atoms with E-state index in [1.807, 2.05) is 19.9 Å². The lowest BCUT2D eigenvalue weighted by molar-refractivity contribution is 0.155. The molecule has 0 aromatic rings. The molecular formula is C6H13NO. The number of nitrogens with two attached hydrogens (primary N) is 1. The second kappa shape index (κ2) is 3.50. The van der Waals surface area contributed by atoms with Crippen molar-refractivity contribution in [3.05, 3.63) is 11.8 Å². The van der Waals surface area contributed by atoms with E-state index in [1.54, 1.807) is 7.11 Å². The normalized spacial score (nSPS) is 16.1. The highest BCUT2D eigenvalue weighted by Gasteiger charge is 1.89. The summed E-state index contributed by atoms with van der Waals surface area (Å²) in [5.74, 6) is 0. The minimum Gasteiger partial charge on any atom is -0.402 e. The van der Waals surface area contributed by atoms with Crippen LogP contribution in [0.15, 0.2) is 11.8 Å². The molecule has 0 bridgehead atoms. The van der Waals surface area contributed by atoms with E-state index >= 15 is 0 Å². The fourth-order valence-corrected chi connectivity index (χ4v) is 0.438. The maximum Gasteiger partial charge on any atom is 0.0743 e. The van der Waals surface area contributed by atoms with E-state index in [9.17, 15) is 0 Å². The van der Waals surface area contributed by atoms with Gasteiger partial charge >= 0.3 is 0 Å². The zero-order valence-electron chi connectivity index (χ0n) is 5.64. The van der Waals surface area contributed by atoms with E-state index in [1.165, 1.54) is 0 Å². The van der Waals surface area contributed by atoms with E-state index in [0.717, 1.165) is 5.70 Å². The molecule has 2 heteroatoms. The lowest BCUT2D eigenvalue weighted by Crippen LogP contribution is -2.03. The smallest absolute Gasteiger partial charge is 0.0743 e. The summed E-state index contributed by atoms with van der Waals surface area (Å²) < 4.78 is 4.90. The molecule has 0 aliphatic heterocycles. The zero-order valence-corrected chi connectivity index (χ0v) is 5.64. The molecule has 0 aliphatic carbocycles. The van der Waals surface area contributed by atoms with Gasteiger partial charge in [0, 0.05) is 12.8 Å². The monoisotopic (exact) mass is 115 g/mol. The van der Waals surface area contributed by atoms with Gasteiger partial charge < -0.3 is 10.5 Å². The first-order chi connectivity index (χ1) is 3.66. The van der Waals surface area contributed by atoms with Crippen molar-refractivity contribution in [1.82, 2.24) is 0 Å². The predicted molar refractivity (Wildman–Crippen MR) is 34.4 cm³/mol. The summed E-state index contributed by atoms with van der Waals surface area (Å²) in [7, 11) is 1.66. The Morgan fingerprint density at radius 3 is 2.38 bits per heavy atom. The van der Waals surface area contributed by atoms with Crippen LogP contribution in [0.4, 0.5) is 0 Å². The topological polar surface area (TPSA) is 35.2 Å². The van der Waals surface area contributed by atoms with Crippen LogP contribution >= 0.6 is 0 Å². The van der Waals surface area contributed by atoms with Crippen LogP contribution in [0.1, 0.15) is 13.8 Å². The van der Waals surface area contributed by atoms with Crippen molar-refractivity contribution in [2.75, 3.05) is 7.11 Å². The van der Waals surface area contributed by atoms with E-state index in [2.05, 4.69) is 0 Å². The van der Waals surface area contributed by atoms with Gasteiger partial charge in [-0.05, 0) is 19.9 Å². The maximum atomic E-state index is 5.35. The second-order valence-electron chi connectivity index (χ2n) is 1.85. The third kappa shape index (κ3) is 3.68. The minimum absolute atomic E-state index is 0.139. The molecule has 48 valence electrons. The first kappa shape index (κ1) is 7.50. The van der Waals surface area contributed by atoms with Crippen molar-refractivity contribution >= 4 is 0 Å². The SMILES string of the molecule is CO[C@H](C)/C=C(\C)N. The molecular weight excluding hydrogens is 102 g/mol. The Morgan fingerprint density at radius 2 is 2.25 bits per heavy atom. The van der Waals surface area contributed by atoms with Gasteiger partial charge in [-0.15, -0.1) is 0 Å². The highest BCUT2D eigenvalue weighted by molar-refractivity contribution is 4.95. The first-order valence-corrected chi connectivity index (χ1v) is 2.63. The van der Waals surface area contributed by atoms with Crippen molar-refractivity contribution < 1.29 is 4.74 Å². The number of allylic oxidation sites excluding steroid dienone is 1. The fourth-order valence-electron chi connectivity index (χ4n) is 0.438. The Morgan fingerprint density at radius 1 is 1.75 bits per heavy atom. The highest BCUT2D eigenvalue weighted by Crippen LogP contribution is 1.91. The summed E-state index contributed by atoms with van der Waals surface area (Å²) >= 11 is 0. The minimum atomic E-state index is 0.139. The van der Waals surface area contributed by atoms with Crippen molar-refractivity contribution in [2.45, 2.75) is 20.0 Å². The van der Waals surface area contributed by atoms with Crippen LogP contribution < -0.4 is 5.73 Å². The van der Waals surface area contributed by atoms with E-state index in [-0.39, 0.29) is 6.10 Å². The lowest BCUT2D eigenvalue weighted by atomic mass is 10.3. The van der Waals surface area contributed by atoms with Crippen LogP contribution in [0.5, 0.6) is 0 Å². The summed E-state index contributed by atoms with van der Waals surface area (Å²) in [6.45, 7) is 3.78. The summed E-state index contributed by atoms with van der Waals surface area (Å²) in [5.41, 5.74) is 6.15. The van der Waals surface area contributed by atoms with Crippen LogP contribution in [-0.4, -0.2) is 13.2 Å². The van der Waals surface area contributed by atoms with Crippen LogP contribution in [-0.2, 0) is 4.74 Å². The van der Waals surface area contributed by atoms with Crippen LogP contribution in [0.3, 0.4) is 0 Å². The molecule has 1 atom stereocenters. The van der Waals surface area contributed by atoms with Gasteiger partial charge in [-0.25, -0.2) is 0 Å². The number of hydrogen-bond donors (Lipinski definition) is 1. The van der Waals surface area contributed by atoms with Crippen LogP contribution in [0, 0.1) is 0 Å². The molecule has 0 radical (unpaired) electrons. The molecule has 0 saturated heterocycles. The molecule has 0 amide bonds. The molecule has 0 heterocycles. The number of methoxy groups -OCH3 is 1. The predicted octanol–water partition coefficient (Wildman–Crippen LogP) is 0.884. The number of ether oxygens (including phenoxy) is 1. The zero-order chi connectivity index (χ0) is 6.57. The lowest BCUT2D eigenvalue weighted by Gasteiger charge is -2.01. The molecule has 8 heavy (non-hydrogen) atoms. The maximum absolute atomic E-state index is 5.35. The molecule has 0 aromatic carbocycles. The second-order valence-corrected chi connectivity index (χ2v) is 1.85. The van der Waals surface area contributed by atoms with E-state index in [0.29, 0.717) is 0 Å². The molecule has 0 unspecified atom stereocenters. The summed E-state index contributed by atoms with van der Waals surface area (Å²) in [4.78, 5) is 0. The molecule has 2 N–H and O–H groups in total. The van der Waals surface area contributed by atoms with Gasteiger partial charge in [0.05, 0.1) is 6.10 Å². The molecule has 0 fully saturated rings. The molecule has 0 aromatic heterocycles. The van der Waals surface area contributed by atoms with Crippen molar-refractivity contribution in [2.24, 2.45) is 5.73 Å². The molecule has 0 saturated carbocycles. The summed E-state index contributed by atoms with van der Waals surface area (Å²) in [5, 5.41) is 0. The summed E-state index contributed by atoms with van der Waals surface area (Å²) in [6.07, 6.45) is 2.00. The standard InChI is InChI=1S/C6H13NO/c1-5(7)4-6(2)8-3/h4,6H,7H2,1-3H3/b5-4+/t6-/m1/s1. The Labute approximate surface area is 50.3 Å². The quantitative estimate of drug-likeness (QED) is 0.580. The van der Waals surface area contributed by atoms with Gasteiger partial charge in [0.2, 0.25) is 0 Å². The van der Waals surface area contributed by atoms with Gasteiger partial charge in [0.25, 0.3) is 0 Å². The van der Waals surface area contributed by atoms with Gasteiger partial charge in [0.15, 0.2) is 0 Å². The van der Waals surface area contributed by atoms with Gasteiger partial charge in [-0.2, -0.15) is 0 Å². The largest absolute Gasteiger partial charge is 0.402 e. The average Bonchev–Trinajstić information content (AvgIpc) is 1.65. The van der Waals surface area contributed by atoms with E-state index in [4.69, 9.17) is 10.5 Å². The molecule has 0 aliphatic rings. The van der Waals surface area contributed by atoms with Crippen LogP contribution in [0.2, 0.25) is 0 Å². The van der Waals surface area contributed by atoms with Crippen molar-refractivity contribution in [3.8, 4) is 0 Å².